The summed E-state index contributed by atoms with van der Waals surface area (Å²) in [5.41, 5.74) is 12.6. The number of benzene rings is 2. The number of pyridine rings is 1. The number of nitrogens with two attached hydrogens (primary N) is 1. The maximum atomic E-state index is 9.69. The van der Waals surface area contributed by atoms with Gasteiger partial charge in [-0.15, -0.1) is 0 Å². The molecule has 2 N–H and O–H groups in total. The van der Waals surface area contributed by atoms with E-state index in [1.807, 2.05) is 45.0 Å². The van der Waals surface area contributed by atoms with Gasteiger partial charge in [0, 0.05) is 17.1 Å². The standard InChI is InChI=1S/C20H19N3/c1-12-9-17(14(3)22)18-10-16(15-7-5-4-6-8-15)13(2)19(11-21)20(18)23-12/h4-10,14H,22H2,1-3H3. The molecule has 1 aromatic heterocycles. The van der Waals surface area contributed by atoms with Crippen molar-refractivity contribution >= 4 is 10.9 Å². The SMILES string of the molecule is Cc1cc(C(C)N)c2cc(-c3ccccc3)c(C)c(C#N)c2n1. The Bertz CT molecular complexity index is 919. The van der Waals surface area contributed by atoms with Gasteiger partial charge in [0.2, 0.25) is 0 Å². The molecule has 0 fully saturated rings. The zero-order chi connectivity index (χ0) is 16.6. The molecule has 3 rings (SSSR count). The van der Waals surface area contributed by atoms with E-state index in [1.54, 1.807) is 0 Å². The van der Waals surface area contributed by atoms with Crippen LogP contribution < -0.4 is 5.73 Å². The van der Waals surface area contributed by atoms with Gasteiger partial charge in [-0.05, 0) is 55.2 Å². The predicted octanol–water partition coefficient (Wildman–Crippen LogP) is 4.41. The summed E-state index contributed by atoms with van der Waals surface area (Å²) in [4.78, 5) is 4.61. The predicted molar refractivity (Wildman–Crippen MR) is 94.0 cm³/mol. The van der Waals surface area contributed by atoms with E-state index in [9.17, 15) is 5.26 Å². The molecule has 0 aliphatic rings. The Hall–Kier alpha value is -2.70. The first-order valence-corrected chi connectivity index (χ1v) is 7.69. The lowest BCUT2D eigenvalue weighted by Crippen LogP contribution is -2.08. The molecule has 1 atom stereocenters. The Morgan fingerprint density at radius 3 is 2.43 bits per heavy atom. The van der Waals surface area contributed by atoms with E-state index in [-0.39, 0.29) is 6.04 Å². The lowest BCUT2D eigenvalue weighted by Gasteiger charge is -2.16. The summed E-state index contributed by atoms with van der Waals surface area (Å²) in [5.74, 6) is 0. The lowest BCUT2D eigenvalue weighted by atomic mass is 9.91. The average molecular weight is 301 g/mol. The maximum absolute atomic E-state index is 9.69. The summed E-state index contributed by atoms with van der Waals surface area (Å²) < 4.78 is 0. The number of fused-ring (bicyclic) bond motifs is 1. The Kier molecular flexibility index (Phi) is 3.85. The molecule has 1 unspecified atom stereocenters. The number of hydrogen-bond acceptors (Lipinski definition) is 3. The molecule has 0 saturated carbocycles. The van der Waals surface area contributed by atoms with Crippen LogP contribution in [-0.4, -0.2) is 4.98 Å². The van der Waals surface area contributed by atoms with Gasteiger partial charge < -0.3 is 5.73 Å². The molecule has 3 aromatic rings. The summed E-state index contributed by atoms with van der Waals surface area (Å²) in [6.45, 7) is 5.88. The fourth-order valence-corrected chi connectivity index (χ4v) is 3.05. The van der Waals surface area contributed by atoms with Gasteiger partial charge in [-0.25, -0.2) is 0 Å². The van der Waals surface area contributed by atoms with Gasteiger partial charge in [0.15, 0.2) is 0 Å². The van der Waals surface area contributed by atoms with Crippen LogP contribution in [0.25, 0.3) is 22.0 Å². The number of nitriles is 1. The molecule has 23 heavy (non-hydrogen) atoms. The zero-order valence-electron chi connectivity index (χ0n) is 13.6. The summed E-state index contributed by atoms with van der Waals surface area (Å²) in [7, 11) is 0. The highest BCUT2D eigenvalue weighted by molar-refractivity contribution is 5.94. The zero-order valence-corrected chi connectivity index (χ0v) is 13.6. The van der Waals surface area contributed by atoms with Crippen molar-refractivity contribution in [2.45, 2.75) is 26.8 Å². The van der Waals surface area contributed by atoms with Crippen molar-refractivity contribution in [1.82, 2.24) is 4.98 Å². The van der Waals surface area contributed by atoms with E-state index < -0.39 is 0 Å². The minimum absolute atomic E-state index is 0.114. The second kappa shape index (κ2) is 5.83. The molecule has 0 spiro atoms. The fourth-order valence-electron chi connectivity index (χ4n) is 3.05. The quantitative estimate of drug-likeness (QED) is 0.762. The van der Waals surface area contributed by atoms with Crippen LogP contribution in [0, 0.1) is 25.2 Å². The molecule has 2 aromatic carbocycles. The van der Waals surface area contributed by atoms with Gasteiger partial charge in [-0.2, -0.15) is 5.26 Å². The van der Waals surface area contributed by atoms with Gasteiger partial charge in [0.1, 0.15) is 6.07 Å². The summed E-state index contributed by atoms with van der Waals surface area (Å²) in [6, 6.07) is 16.5. The van der Waals surface area contributed by atoms with Gasteiger partial charge in [0.05, 0.1) is 11.1 Å². The number of aryl methyl sites for hydroxylation is 1. The second-order valence-electron chi connectivity index (χ2n) is 5.94. The Morgan fingerprint density at radius 1 is 1.13 bits per heavy atom. The molecule has 0 radical (unpaired) electrons. The van der Waals surface area contributed by atoms with Gasteiger partial charge in [-0.1, -0.05) is 30.3 Å². The molecule has 3 nitrogen and oxygen atoms in total. The molecule has 0 aliphatic carbocycles. The van der Waals surface area contributed by atoms with E-state index in [2.05, 4.69) is 29.3 Å². The highest BCUT2D eigenvalue weighted by Gasteiger charge is 2.16. The third kappa shape index (κ3) is 2.58. The molecule has 0 aliphatic heterocycles. The number of nitrogens with zero attached hydrogens (tertiary/aromatic N) is 2. The first-order chi connectivity index (χ1) is 11.0. The second-order valence-corrected chi connectivity index (χ2v) is 5.94. The molecular weight excluding hydrogens is 282 g/mol. The Labute approximate surface area is 136 Å². The van der Waals surface area contributed by atoms with Crippen LogP contribution in [-0.2, 0) is 0 Å². The van der Waals surface area contributed by atoms with Crippen LogP contribution in [0.3, 0.4) is 0 Å². The van der Waals surface area contributed by atoms with Crippen LogP contribution >= 0.6 is 0 Å². The van der Waals surface area contributed by atoms with Crippen LogP contribution in [0.4, 0.5) is 0 Å². The molecule has 0 saturated heterocycles. The van der Waals surface area contributed by atoms with Crippen LogP contribution in [0.15, 0.2) is 42.5 Å². The van der Waals surface area contributed by atoms with E-state index in [0.717, 1.165) is 38.9 Å². The Balaban J connectivity index is 2.46. The van der Waals surface area contributed by atoms with E-state index in [1.165, 1.54) is 0 Å². The van der Waals surface area contributed by atoms with Gasteiger partial charge in [0.25, 0.3) is 0 Å². The van der Waals surface area contributed by atoms with Crippen LogP contribution in [0.5, 0.6) is 0 Å². The maximum Gasteiger partial charge on any atom is 0.102 e. The third-order valence-corrected chi connectivity index (χ3v) is 4.21. The first-order valence-electron chi connectivity index (χ1n) is 7.69. The first kappa shape index (κ1) is 15.2. The normalized spacial score (nSPS) is 12.1. The van der Waals surface area contributed by atoms with E-state index in [4.69, 9.17) is 5.73 Å². The van der Waals surface area contributed by atoms with Crippen molar-refractivity contribution < 1.29 is 0 Å². The lowest BCUT2D eigenvalue weighted by molar-refractivity contribution is 0.823. The molecular formula is C20H19N3. The molecule has 1 heterocycles. The van der Waals surface area contributed by atoms with Crippen molar-refractivity contribution in [3.05, 3.63) is 64.8 Å². The van der Waals surface area contributed by atoms with Crippen molar-refractivity contribution in [3.63, 3.8) is 0 Å². The number of hydrogen-bond donors (Lipinski definition) is 1. The van der Waals surface area contributed by atoms with Crippen molar-refractivity contribution in [1.29, 1.82) is 5.26 Å². The minimum Gasteiger partial charge on any atom is -0.324 e. The van der Waals surface area contributed by atoms with Crippen LogP contribution in [0.1, 0.15) is 35.3 Å². The topological polar surface area (TPSA) is 62.7 Å². The highest BCUT2D eigenvalue weighted by Crippen LogP contribution is 2.34. The van der Waals surface area contributed by atoms with Crippen molar-refractivity contribution in [3.8, 4) is 17.2 Å². The monoisotopic (exact) mass is 301 g/mol. The number of rotatable bonds is 2. The van der Waals surface area contributed by atoms with E-state index >= 15 is 0 Å². The van der Waals surface area contributed by atoms with Gasteiger partial charge >= 0.3 is 0 Å². The third-order valence-electron chi connectivity index (χ3n) is 4.21. The van der Waals surface area contributed by atoms with Crippen molar-refractivity contribution in [2.24, 2.45) is 5.73 Å². The van der Waals surface area contributed by atoms with Gasteiger partial charge in [-0.3, -0.25) is 4.98 Å². The number of aromatic nitrogens is 1. The Morgan fingerprint density at radius 2 is 1.83 bits per heavy atom. The fraction of sp³-hybridized carbons (Fsp3) is 0.200. The van der Waals surface area contributed by atoms with Crippen molar-refractivity contribution in [2.75, 3.05) is 0 Å². The largest absolute Gasteiger partial charge is 0.324 e. The summed E-state index contributed by atoms with van der Waals surface area (Å²) >= 11 is 0. The smallest absolute Gasteiger partial charge is 0.102 e. The molecule has 0 amide bonds. The summed E-state index contributed by atoms with van der Waals surface area (Å²) in [5, 5.41) is 10.7. The van der Waals surface area contributed by atoms with Crippen LogP contribution in [0.2, 0.25) is 0 Å². The molecule has 3 heteroatoms. The molecule has 114 valence electrons. The highest BCUT2D eigenvalue weighted by atomic mass is 14.7. The average Bonchev–Trinajstić information content (AvgIpc) is 2.54. The van der Waals surface area contributed by atoms with E-state index in [0.29, 0.717) is 5.56 Å². The molecule has 0 bridgehead atoms. The summed E-state index contributed by atoms with van der Waals surface area (Å²) in [6.07, 6.45) is 0. The minimum atomic E-state index is -0.114.